The maximum Gasteiger partial charge on any atom is 0.0645 e. The number of rotatable bonds is 0. The van der Waals surface area contributed by atoms with E-state index in [1.165, 1.54) is 0 Å². The molecule has 0 bridgehead atoms. The van der Waals surface area contributed by atoms with Crippen LogP contribution in [0.15, 0.2) is 24.5 Å². The molecule has 2 rings (SSSR count). The Morgan fingerprint density at radius 3 is 3.44 bits per heavy atom. The van der Waals surface area contributed by atoms with Gasteiger partial charge < -0.3 is 4.98 Å². The molecule has 1 N–H and O–H groups in total. The van der Waals surface area contributed by atoms with Gasteiger partial charge in [-0.2, -0.15) is 0 Å². The molecule has 0 aromatic carbocycles. The molecule has 2 aromatic heterocycles. The molecule has 2 nitrogen and oxygen atoms in total. The molecule has 0 fully saturated rings. The Balaban J connectivity index is 2.95. The van der Waals surface area contributed by atoms with Gasteiger partial charge in [0.1, 0.15) is 0 Å². The topological polar surface area (TPSA) is 28.7 Å². The zero-order chi connectivity index (χ0) is 6.10. The van der Waals surface area contributed by atoms with Gasteiger partial charge in [-0.25, -0.2) is 0 Å². The van der Waals surface area contributed by atoms with Crippen molar-refractivity contribution in [3.8, 4) is 0 Å². The summed E-state index contributed by atoms with van der Waals surface area (Å²) in [5.41, 5.74) is 1.04. The molecule has 2 aromatic rings. The SMILES string of the molecule is [c]1cc2ccncc2[nH]1. The molecule has 0 aliphatic carbocycles. The van der Waals surface area contributed by atoms with Crippen LogP contribution in [0.1, 0.15) is 0 Å². The van der Waals surface area contributed by atoms with Crippen molar-refractivity contribution in [2.24, 2.45) is 0 Å². The van der Waals surface area contributed by atoms with Crippen LogP contribution in [0.25, 0.3) is 10.9 Å². The Kier molecular flexibility index (Phi) is 0.803. The van der Waals surface area contributed by atoms with Gasteiger partial charge in [0, 0.05) is 11.6 Å². The van der Waals surface area contributed by atoms with Gasteiger partial charge >= 0.3 is 0 Å². The Bertz CT molecular complexity index is 281. The number of fused-ring (bicyclic) bond motifs is 1. The highest BCUT2D eigenvalue weighted by atomic mass is 14.7. The molecule has 0 saturated carbocycles. The van der Waals surface area contributed by atoms with Crippen LogP contribution in [-0.2, 0) is 0 Å². The fourth-order valence-electron chi connectivity index (χ4n) is 0.827. The van der Waals surface area contributed by atoms with Gasteiger partial charge in [0.05, 0.1) is 17.9 Å². The Labute approximate surface area is 52.5 Å². The maximum absolute atomic E-state index is 3.93. The molecule has 2 heteroatoms. The summed E-state index contributed by atoms with van der Waals surface area (Å²) in [6.45, 7) is 0. The second-order valence-corrected chi connectivity index (χ2v) is 1.88. The highest BCUT2D eigenvalue weighted by Crippen LogP contribution is 2.06. The second-order valence-electron chi connectivity index (χ2n) is 1.88. The zero-order valence-electron chi connectivity index (χ0n) is 4.76. The normalized spacial score (nSPS) is 10.2. The summed E-state index contributed by atoms with van der Waals surface area (Å²) in [7, 11) is 0. The van der Waals surface area contributed by atoms with E-state index in [4.69, 9.17) is 0 Å². The molecule has 0 unspecified atom stereocenters. The number of hydrogen-bond acceptors (Lipinski definition) is 1. The Hall–Kier alpha value is -1.31. The van der Waals surface area contributed by atoms with Crippen LogP contribution in [0, 0.1) is 6.20 Å². The van der Waals surface area contributed by atoms with E-state index in [2.05, 4.69) is 16.2 Å². The minimum atomic E-state index is 1.04. The average molecular weight is 117 g/mol. The van der Waals surface area contributed by atoms with Gasteiger partial charge in [-0.05, 0) is 12.1 Å². The number of aromatic nitrogens is 2. The van der Waals surface area contributed by atoms with Crippen molar-refractivity contribution in [3.05, 3.63) is 30.7 Å². The summed E-state index contributed by atoms with van der Waals surface area (Å²) in [5, 5.41) is 1.16. The lowest BCUT2D eigenvalue weighted by atomic mass is 10.3. The van der Waals surface area contributed by atoms with Crippen molar-refractivity contribution in [2.45, 2.75) is 0 Å². The van der Waals surface area contributed by atoms with Gasteiger partial charge in [-0.1, -0.05) is 0 Å². The highest BCUT2D eigenvalue weighted by molar-refractivity contribution is 5.77. The summed E-state index contributed by atoms with van der Waals surface area (Å²) in [6, 6.07) is 3.85. The van der Waals surface area contributed by atoms with Gasteiger partial charge in [0.2, 0.25) is 0 Å². The van der Waals surface area contributed by atoms with Crippen molar-refractivity contribution >= 4 is 10.9 Å². The largest absolute Gasteiger partial charge is 0.352 e. The molecular formula is C7H5N2. The summed E-state index contributed by atoms with van der Waals surface area (Å²) in [5.74, 6) is 0. The number of nitrogens with zero attached hydrogens (tertiary/aromatic N) is 1. The number of nitrogens with one attached hydrogen (secondary N) is 1. The first-order valence-corrected chi connectivity index (χ1v) is 2.75. The Morgan fingerprint density at radius 2 is 2.56 bits per heavy atom. The fraction of sp³-hybridized carbons (Fsp3) is 0. The van der Waals surface area contributed by atoms with E-state index in [0.717, 1.165) is 10.9 Å². The molecule has 0 spiro atoms. The molecule has 0 aliphatic rings. The second kappa shape index (κ2) is 1.58. The number of pyridine rings is 1. The average Bonchev–Trinajstić information content (AvgIpc) is 2.33. The lowest BCUT2D eigenvalue weighted by Gasteiger charge is -1.82. The predicted molar refractivity (Wildman–Crippen MR) is 34.9 cm³/mol. The van der Waals surface area contributed by atoms with E-state index >= 15 is 0 Å². The quantitative estimate of drug-likeness (QED) is 0.554. The summed E-state index contributed by atoms with van der Waals surface area (Å²) in [6.07, 6.45) is 6.42. The van der Waals surface area contributed by atoms with Crippen LogP contribution < -0.4 is 0 Å². The Morgan fingerprint density at radius 1 is 1.56 bits per heavy atom. The van der Waals surface area contributed by atoms with Gasteiger partial charge in [-0.15, -0.1) is 0 Å². The first kappa shape index (κ1) is 4.56. The first-order valence-electron chi connectivity index (χ1n) is 2.75. The molecule has 43 valence electrons. The molecule has 0 amide bonds. The first-order chi connectivity index (χ1) is 4.47. The third-order valence-corrected chi connectivity index (χ3v) is 1.29. The number of H-pyrrole nitrogens is 1. The zero-order valence-corrected chi connectivity index (χ0v) is 4.76. The summed E-state index contributed by atoms with van der Waals surface area (Å²) < 4.78 is 0. The molecule has 2 heterocycles. The van der Waals surface area contributed by atoms with E-state index in [1.807, 2.05) is 12.1 Å². The van der Waals surface area contributed by atoms with E-state index in [9.17, 15) is 0 Å². The summed E-state index contributed by atoms with van der Waals surface area (Å²) >= 11 is 0. The lowest BCUT2D eigenvalue weighted by molar-refractivity contribution is 1.34. The maximum atomic E-state index is 3.93. The molecule has 9 heavy (non-hydrogen) atoms. The van der Waals surface area contributed by atoms with E-state index in [1.54, 1.807) is 12.4 Å². The van der Waals surface area contributed by atoms with Gasteiger partial charge in [0.25, 0.3) is 0 Å². The van der Waals surface area contributed by atoms with Crippen LogP contribution in [0.3, 0.4) is 0 Å². The third-order valence-electron chi connectivity index (χ3n) is 1.29. The molecular weight excluding hydrogens is 112 g/mol. The minimum absolute atomic E-state index is 1.04. The minimum Gasteiger partial charge on any atom is -0.352 e. The predicted octanol–water partition coefficient (Wildman–Crippen LogP) is 1.36. The lowest BCUT2D eigenvalue weighted by Crippen LogP contribution is -1.68. The molecule has 0 aliphatic heterocycles. The third kappa shape index (κ3) is 0.598. The van der Waals surface area contributed by atoms with Crippen LogP contribution in [0.5, 0.6) is 0 Å². The van der Waals surface area contributed by atoms with E-state index in [0.29, 0.717) is 0 Å². The van der Waals surface area contributed by atoms with Crippen molar-refractivity contribution < 1.29 is 0 Å². The summed E-state index contributed by atoms with van der Waals surface area (Å²) in [4.78, 5) is 6.87. The van der Waals surface area contributed by atoms with Crippen molar-refractivity contribution in [2.75, 3.05) is 0 Å². The standard InChI is InChI=1S/C7H5N2/c1-3-8-5-7-6(1)2-4-9-7/h1-3,5,9H. The van der Waals surface area contributed by atoms with E-state index in [-0.39, 0.29) is 0 Å². The van der Waals surface area contributed by atoms with Crippen molar-refractivity contribution in [1.29, 1.82) is 0 Å². The van der Waals surface area contributed by atoms with Crippen LogP contribution in [0.4, 0.5) is 0 Å². The van der Waals surface area contributed by atoms with E-state index < -0.39 is 0 Å². The highest BCUT2D eigenvalue weighted by Gasteiger charge is 1.88. The molecule has 0 atom stereocenters. The molecule has 1 radical (unpaired) electrons. The van der Waals surface area contributed by atoms with Gasteiger partial charge in [-0.3, -0.25) is 4.98 Å². The fourth-order valence-corrected chi connectivity index (χ4v) is 0.827. The number of aromatic amines is 1. The molecule has 0 saturated heterocycles. The number of hydrogen-bond donors (Lipinski definition) is 1. The van der Waals surface area contributed by atoms with Crippen molar-refractivity contribution in [3.63, 3.8) is 0 Å². The smallest absolute Gasteiger partial charge is 0.0645 e. The monoisotopic (exact) mass is 117 g/mol. The van der Waals surface area contributed by atoms with Gasteiger partial charge in [0.15, 0.2) is 0 Å². The van der Waals surface area contributed by atoms with Crippen molar-refractivity contribution in [1.82, 2.24) is 9.97 Å². The van der Waals surface area contributed by atoms with Crippen LogP contribution >= 0.6 is 0 Å². The van der Waals surface area contributed by atoms with Crippen LogP contribution in [0.2, 0.25) is 0 Å². The van der Waals surface area contributed by atoms with Crippen LogP contribution in [-0.4, -0.2) is 9.97 Å².